The Morgan fingerprint density at radius 1 is 1.00 bits per heavy atom. The second kappa shape index (κ2) is 10.0. The summed E-state index contributed by atoms with van der Waals surface area (Å²) in [5.41, 5.74) is 2.91. The van der Waals surface area contributed by atoms with E-state index >= 15 is 0 Å². The number of hydrogen-bond donors (Lipinski definition) is 1. The number of thioether (sulfide) groups is 1. The number of benzene rings is 2. The van der Waals surface area contributed by atoms with Gasteiger partial charge in [0.15, 0.2) is 11.0 Å². The Morgan fingerprint density at radius 2 is 1.74 bits per heavy atom. The summed E-state index contributed by atoms with van der Waals surface area (Å²) in [4.78, 5) is 16.9. The molecule has 0 radical (unpaired) electrons. The molecule has 0 saturated carbocycles. The maximum Gasteiger partial charge on any atom is 0.237 e. The third-order valence-corrected chi connectivity index (χ3v) is 5.88. The summed E-state index contributed by atoms with van der Waals surface area (Å²) in [7, 11) is 0. The molecule has 0 aliphatic rings. The van der Waals surface area contributed by atoms with Gasteiger partial charge in [0.1, 0.15) is 0 Å². The largest absolute Gasteiger partial charge is 0.325 e. The smallest absolute Gasteiger partial charge is 0.237 e. The van der Waals surface area contributed by atoms with Crippen LogP contribution < -0.4 is 5.32 Å². The Morgan fingerprint density at radius 3 is 2.45 bits per heavy atom. The molecule has 1 atom stereocenters. The van der Waals surface area contributed by atoms with E-state index in [4.69, 9.17) is 0 Å². The highest BCUT2D eigenvalue weighted by Crippen LogP contribution is 2.27. The fraction of sp³-hybridized carbons (Fsp3) is 0.167. The summed E-state index contributed by atoms with van der Waals surface area (Å²) < 4.78 is 2.07. The highest BCUT2D eigenvalue weighted by Gasteiger charge is 2.21. The van der Waals surface area contributed by atoms with Crippen LogP contribution in [-0.4, -0.2) is 30.9 Å². The minimum atomic E-state index is -0.332. The van der Waals surface area contributed by atoms with E-state index in [-0.39, 0.29) is 11.2 Å². The van der Waals surface area contributed by atoms with Crippen LogP contribution in [0.3, 0.4) is 0 Å². The van der Waals surface area contributed by atoms with Gasteiger partial charge in [0.25, 0.3) is 0 Å². The van der Waals surface area contributed by atoms with Gasteiger partial charge in [0, 0.05) is 30.2 Å². The summed E-state index contributed by atoms with van der Waals surface area (Å²) in [5, 5.41) is 12.1. The number of nitrogens with one attached hydrogen (secondary N) is 1. The van der Waals surface area contributed by atoms with Crippen LogP contribution in [0.15, 0.2) is 90.3 Å². The first-order valence-electron chi connectivity index (χ1n) is 10.1. The van der Waals surface area contributed by atoms with Crippen molar-refractivity contribution < 1.29 is 4.79 Å². The third kappa shape index (κ3) is 5.38. The molecular weight excluding hydrogens is 406 g/mol. The van der Waals surface area contributed by atoms with Crippen LogP contribution in [0, 0.1) is 0 Å². The molecule has 2 aromatic carbocycles. The number of para-hydroxylation sites is 1. The van der Waals surface area contributed by atoms with Crippen LogP contribution in [0.25, 0.3) is 11.4 Å². The van der Waals surface area contributed by atoms with Crippen molar-refractivity contribution in [2.45, 2.75) is 30.3 Å². The number of pyridine rings is 1. The fourth-order valence-electron chi connectivity index (χ4n) is 3.15. The standard InChI is InChI=1S/C24H23N5OS/c1-18(23(30)26-21-12-6-3-7-13-21)31-24-28-27-22(20-11-8-15-25-17-20)29(24)16-14-19-9-4-2-5-10-19/h2-13,15,17-18H,14,16H2,1H3,(H,26,30)/t18-/m0/s1. The van der Waals surface area contributed by atoms with Crippen molar-refractivity contribution in [3.8, 4) is 11.4 Å². The van der Waals surface area contributed by atoms with Crippen molar-refractivity contribution in [3.05, 3.63) is 90.8 Å². The molecule has 0 fully saturated rings. The van der Waals surface area contributed by atoms with Gasteiger partial charge in [0.2, 0.25) is 5.91 Å². The Hall–Kier alpha value is -3.45. The van der Waals surface area contributed by atoms with Crippen molar-refractivity contribution in [1.82, 2.24) is 19.7 Å². The number of carbonyl (C=O) groups is 1. The van der Waals surface area contributed by atoms with E-state index in [9.17, 15) is 4.79 Å². The van der Waals surface area contributed by atoms with Crippen LogP contribution in [0.2, 0.25) is 0 Å². The van der Waals surface area contributed by atoms with Crippen molar-refractivity contribution in [1.29, 1.82) is 0 Å². The molecule has 4 rings (SSSR count). The lowest BCUT2D eigenvalue weighted by molar-refractivity contribution is -0.115. The van der Waals surface area contributed by atoms with E-state index in [2.05, 4.69) is 37.2 Å². The molecule has 2 heterocycles. The molecule has 2 aromatic heterocycles. The minimum absolute atomic E-state index is 0.0725. The summed E-state index contributed by atoms with van der Waals surface area (Å²) in [6.45, 7) is 2.58. The third-order valence-electron chi connectivity index (χ3n) is 4.80. The van der Waals surface area contributed by atoms with Gasteiger partial charge in [-0.25, -0.2) is 0 Å². The second-order valence-corrected chi connectivity index (χ2v) is 8.36. The Labute approximate surface area is 185 Å². The van der Waals surface area contributed by atoms with Gasteiger partial charge in [-0.15, -0.1) is 10.2 Å². The predicted octanol–water partition coefficient (Wildman–Crippen LogP) is 4.70. The fourth-order valence-corrected chi connectivity index (χ4v) is 4.02. The zero-order valence-corrected chi connectivity index (χ0v) is 18.0. The Kier molecular flexibility index (Phi) is 6.74. The second-order valence-electron chi connectivity index (χ2n) is 7.05. The molecule has 156 valence electrons. The van der Waals surface area contributed by atoms with Crippen molar-refractivity contribution in [2.75, 3.05) is 5.32 Å². The lowest BCUT2D eigenvalue weighted by Crippen LogP contribution is -2.23. The minimum Gasteiger partial charge on any atom is -0.325 e. The monoisotopic (exact) mass is 429 g/mol. The van der Waals surface area contributed by atoms with Crippen LogP contribution >= 0.6 is 11.8 Å². The number of hydrogen-bond acceptors (Lipinski definition) is 5. The maximum absolute atomic E-state index is 12.7. The summed E-state index contributed by atoms with van der Waals surface area (Å²) in [6.07, 6.45) is 4.35. The lowest BCUT2D eigenvalue weighted by atomic mass is 10.1. The average molecular weight is 430 g/mol. The van der Waals surface area contributed by atoms with E-state index in [1.165, 1.54) is 17.3 Å². The number of aryl methyl sites for hydroxylation is 1. The zero-order valence-electron chi connectivity index (χ0n) is 17.2. The number of nitrogens with zero attached hydrogens (tertiary/aromatic N) is 4. The summed E-state index contributed by atoms with van der Waals surface area (Å²) >= 11 is 1.41. The first kappa shape index (κ1) is 20.8. The van der Waals surface area contributed by atoms with Gasteiger partial charge in [-0.2, -0.15) is 0 Å². The SMILES string of the molecule is C[C@H](Sc1nnc(-c2cccnc2)n1CCc1ccccc1)C(=O)Nc1ccccc1. The van der Waals surface area contributed by atoms with E-state index in [0.29, 0.717) is 11.7 Å². The molecule has 0 aliphatic carbocycles. The van der Waals surface area contributed by atoms with Crippen LogP contribution in [0.4, 0.5) is 5.69 Å². The molecule has 4 aromatic rings. The molecule has 0 unspecified atom stereocenters. The van der Waals surface area contributed by atoms with Gasteiger partial charge < -0.3 is 9.88 Å². The summed E-state index contributed by atoms with van der Waals surface area (Å²) in [6, 6.07) is 23.6. The quantitative estimate of drug-likeness (QED) is 0.411. The Bertz CT molecular complexity index is 1120. The van der Waals surface area contributed by atoms with E-state index in [1.807, 2.05) is 67.6 Å². The molecular formula is C24H23N5OS. The molecule has 0 saturated heterocycles. The molecule has 31 heavy (non-hydrogen) atoms. The molecule has 0 aliphatic heterocycles. The van der Waals surface area contributed by atoms with Crippen LogP contribution in [0.5, 0.6) is 0 Å². The van der Waals surface area contributed by atoms with E-state index in [0.717, 1.165) is 23.5 Å². The first-order valence-corrected chi connectivity index (χ1v) is 11.0. The van der Waals surface area contributed by atoms with Crippen molar-refractivity contribution >= 4 is 23.4 Å². The molecule has 1 amide bonds. The topological polar surface area (TPSA) is 72.7 Å². The lowest BCUT2D eigenvalue weighted by Gasteiger charge is -2.14. The van der Waals surface area contributed by atoms with Gasteiger partial charge in [-0.05, 0) is 43.2 Å². The van der Waals surface area contributed by atoms with Crippen LogP contribution in [0.1, 0.15) is 12.5 Å². The average Bonchev–Trinajstić information content (AvgIpc) is 3.22. The molecule has 1 N–H and O–H groups in total. The number of rotatable bonds is 8. The first-order chi connectivity index (χ1) is 15.2. The van der Waals surface area contributed by atoms with E-state index < -0.39 is 0 Å². The van der Waals surface area contributed by atoms with E-state index in [1.54, 1.807) is 12.4 Å². The number of carbonyl (C=O) groups excluding carboxylic acids is 1. The normalized spacial score (nSPS) is 11.8. The molecule has 0 bridgehead atoms. The molecule has 6 nitrogen and oxygen atoms in total. The van der Waals surface area contributed by atoms with Gasteiger partial charge in [-0.1, -0.05) is 60.3 Å². The van der Waals surface area contributed by atoms with Gasteiger partial charge in [0.05, 0.1) is 5.25 Å². The number of anilines is 1. The molecule has 0 spiro atoms. The maximum atomic E-state index is 12.7. The number of amides is 1. The predicted molar refractivity (Wildman–Crippen MR) is 124 cm³/mol. The Balaban J connectivity index is 1.54. The van der Waals surface area contributed by atoms with Gasteiger partial charge >= 0.3 is 0 Å². The summed E-state index contributed by atoms with van der Waals surface area (Å²) in [5.74, 6) is 0.680. The highest BCUT2D eigenvalue weighted by atomic mass is 32.2. The van der Waals surface area contributed by atoms with Gasteiger partial charge in [-0.3, -0.25) is 9.78 Å². The highest BCUT2D eigenvalue weighted by molar-refractivity contribution is 8.00. The number of aromatic nitrogens is 4. The van der Waals surface area contributed by atoms with Crippen molar-refractivity contribution in [3.63, 3.8) is 0 Å². The molecule has 7 heteroatoms. The van der Waals surface area contributed by atoms with Crippen LogP contribution in [-0.2, 0) is 17.8 Å². The zero-order chi connectivity index (χ0) is 21.5. The van der Waals surface area contributed by atoms with Crippen molar-refractivity contribution in [2.24, 2.45) is 0 Å².